The van der Waals surface area contributed by atoms with Gasteiger partial charge in [-0.15, -0.1) is 0 Å². The molecule has 2 aliphatic carbocycles. The lowest BCUT2D eigenvalue weighted by Crippen LogP contribution is -2.30. The summed E-state index contributed by atoms with van der Waals surface area (Å²) in [5.41, 5.74) is 0.824. The van der Waals surface area contributed by atoms with Crippen molar-refractivity contribution in [2.45, 2.75) is 32.1 Å². The van der Waals surface area contributed by atoms with Crippen molar-refractivity contribution >= 4 is 21.7 Å². The SMILES string of the molecule is O=C(CCN(CC1CC1)CC1CC1)c1ccccc1Br. The highest BCUT2D eigenvalue weighted by Gasteiger charge is 2.29. The summed E-state index contributed by atoms with van der Waals surface area (Å²) in [5.74, 6) is 2.08. The van der Waals surface area contributed by atoms with Crippen LogP contribution in [-0.2, 0) is 0 Å². The van der Waals surface area contributed by atoms with Crippen LogP contribution in [0.3, 0.4) is 0 Å². The van der Waals surface area contributed by atoms with Crippen LogP contribution in [0.25, 0.3) is 0 Å². The normalized spacial score (nSPS) is 18.5. The van der Waals surface area contributed by atoms with E-state index in [1.165, 1.54) is 38.8 Å². The number of hydrogen-bond acceptors (Lipinski definition) is 2. The number of nitrogens with zero attached hydrogens (tertiary/aromatic N) is 1. The number of carbonyl (C=O) groups excluding carboxylic acids is 1. The van der Waals surface area contributed by atoms with Crippen molar-refractivity contribution in [2.75, 3.05) is 19.6 Å². The van der Waals surface area contributed by atoms with Crippen LogP contribution in [0.1, 0.15) is 42.5 Å². The fraction of sp³-hybridized carbons (Fsp3) is 0.588. The molecule has 0 aliphatic heterocycles. The molecule has 0 spiro atoms. The molecule has 0 radical (unpaired) electrons. The number of Topliss-reactive ketones (excluding diaryl/α,β-unsaturated/α-hetero) is 1. The lowest BCUT2D eigenvalue weighted by molar-refractivity contribution is 0.0960. The summed E-state index contributed by atoms with van der Waals surface area (Å²) in [5, 5.41) is 0. The zero-order valence-corrected chi connectivity index (χ0v) is 13.4. The number of rotatable bonds is 8. The van der Waals surface area contributed by atoms with Crippen LogP contribution in [0.5, 0.6) is 0 Å². The first-order valence-corrected chi connectivity index (χ1v) is 8.52. The Bertz CT molecular complexity index is 466. The summed E-state index contributed by atoms with van der Waals surface area (Å²) in [6.07, 6.45) is 6.19. The summed E-state index contributed by atoms with van der Waals surface area (Å²) in [6, 6.07) is 7.75. The van der Waals surface area contributed by atoms with E-state index in [-0.39, 0.29) is 5.78 Å². The van der Waals surface area contributed by atoms with E-state index in [1.807, 2.05) is 24.3 Å². The van der Waals surface area contributed by atoms with E-state index in [2.05, 4.69) is 20.8 Å². The maximum atomic E-state index is 12.3. The molecule has 20 heavy (non-hydrogen) atoms. The quantitative estimate of drug-likeness (QED) is 0.665. The van der Waals surface area contributed by atoms with E-state index in [1.54, 1.807) is 0 Å². The Morgan fingerprint density at radius 1 is 1.10 bits per heavy atom. The van der Waals surface area contributed by atoms with Crippen molar-refractivity contribution in [1.29, 1.82) is 0 Å². The Kier molecular flexibility index (Phi) is 4.57. The van der Waals surface area contributed by atoms with Gasteiger partial charge in [0.2, 0.25) is 0 Å². The summed E-state index contributed by atoms with van der Waals surface area (Å²) in [7, 11) is 0. The van der Waals surface area contributed by atoms with Crippen molar-refractivity contribution in [1.82, 2.24) is 4.90 Å². The monoisotopic (exact) mass is 335 g/mol. The van der Waals surface area contributed by atoms with Crippen LogP contribution in [0, 0.1) is 11.8 Å². The largest absolute Gasteiger partial charge is 0.302 e. The molecule has 0 atom stereocenters. The van der Waals surface area contributed by atoms with Gasteiger partial charge in [0.15, 0.2) is 5.78 Å². The van der Waals surface area contributed by atoms with Gasteiger partial charge in [-0.3, -0.25) is 4.79 Å². The molecule has 108 valence electrons. The van der Waals surface area contributed by atoms with Crippen LogP contribution in [0.2, 0.25) is 0 Å². The molecular weight excluding hydrogens is 314 g/mol. The van der Waals surface area contributed by atoms with Crippen LogP contribution < -0.4 is 0 Å². The minimum atomic E-state index is 0.258. The topological polar surface area (TPSA) is 20.3 Å². The molecular formula is C17H22BrNO. The summed E-state index contributed by atoms with van der Waals surface area (Å²) >= 11 is 3.47. The zero-order valence-electron chi connectivity index (χ0n) is 11.9. The van der Waals surface area contributed by atoms with Gasteiger partial charge in [-0.2, -0.15) is 0 Å². The summed E-state index contributed by atoms with van der Waals surface area (Å²) in [4.78, 5) is 14.8. The van der Waals surface area contributed by atoms with E-state index in [0.717, 1.165) is 28.4 Å². The first-order valence-electron chi connectivity index (χ1n) is 7.72. The number of carbonyl (C=O) groups is 1. The molecule has 3 heteroatoms. The Morgan fingerprint density at radius 2 is 1.70 bits per heavy atom. The first kappa shape index (κ1) is 14.3. The van der Waals surface area contributed by atoms with E-state index < -0.39 is 0 Å². The van der Waals surface area contributed by atoms with Gasteiger partial charge in [-0.1, -0.05) is 34.1 Å². The highest BCUT2D eigenvalue weighted by atomic mass is 79.9. The van der Waals surface area contributed by atoms with Crippen LogP contribution in [0.4, 0.5) is 0 Å². The predicted molar refractivity (Wildman–Crippen MR) is 85.0 cm³/mol. The third-order valence-corrected chi connectivity index (χ3v) is 4.95. The first-order chi connectivity index (χ1) is 9.72. The second kappa shape index (κ2) is 6.40. The van der Waals surface area contributed by atoms with Gasteiger partial charge in [0.25, 0.3) is 0 Å². The molecule has 0 saturated heterocycles. The Morgan fingerprint density at radius 3 is 2.25 bits per heavy atom. The summed E-state index contributed by atoms with van der Waals surface area (Å²) in [6.45, 7) is 3.34. The van der Waals surface area contributed by atoms with Gasteiger partial charge in [0, 0.05) is 36.1 Å². The summed E-state index contributed by atoms with van der Waals surface area (Å²) < 4.78 is 0.918. The molecule has 1 aromatic rings. The molecule has 1 aromatic carbocycles. The van der Waals surface area contributed by atoms with Crippen LogP contribution >= 0.6 is 15.9 Å². The molecule has 0 bridgehead atoms. The molecule has 0 unspecified atom stereocenters. The number of ketones is 1. The maximum absolute atomic E-state index is 12.3. The number of hydrogen-bond donors (Lipinski definition) is 0. The van der Waals surface area contributed by atoms with Crippen LogP contribution in [-0.4, -0.2) is 30.3 Å². The second-order valence-electron chi connectivity index (χ2n) is 6.30. The highest BCUT2D eigenvalue weighted by Crippen LogP contribution is 2.33. The van der Waals surface area contributed by atoms with Crippen molar-refractivity contribution in [3.63, 3.8) is 0 Å². The lowest BCUT2D eigenvalue weighted by Gasteiger charge is -2.21. The molecule has 2 nitrogen and oxygen atoms in total. The number of benzene rings is 1. The van der Waals surface area contributed by atoms with Crippen molar-refractivity contribution in [2.24, 2.45) is 11.8 Å². The third-order valence-electron chi connectivity index (χ3n) is 4.26. The van der Waals surface area contributed by atoms with Gasteiger partial charge in [0.1, 0.15) is 0 Å². The predicted octanol–water partition coefficient (Wildman–Crippen LogP) is 4.14. The maximum Gasteiger partial charge on any atom is 0.165 e. The second-order valence-corrected chi connectivity index (χ2v) is 7.15. The number of halogens is 1. The van der Waals surface area contributed by atoms with Crippen LogP contribution in [0.15, 0.2) is 28.7 Å². The minimum absolute atomic E-state index is 0.258. The Balaban J connectivity index is 1.52. The zero-order chi connectivity index (χ0) is 13.9. The molecule has 2 aliphatic rings. The van der Waals surface area contributed by atoms with E-state index >= 15 is 0 Å². The molecule has 2 fully saturated rings. The molecule has 2 saturated carbocycles. The van der Waals surface area contributed by atoms with Crippen molar-refractivity contribution in [3.05, 3.63) is 34.3 Å². The average molecular weight is 336 g/mol. The minimum Gasteiger partial charge on any atom is -0.302 e. The van der Waals surface area contributed by atoms with Gasteiger partial charge < -0.3 is 4.90 Å². The fourth-order valence-electron chi connectivity index (χ4n) is 2.67. The average Bonchev–Trinajstić information content (AvgIpc) is 3.32. The third kappa shape index (κ3) is 4.16. The van der Waals surface area contributed by atoms with Gasteiger partial charge in [-0.25, -0.2) is 0 Å². The van der Waals surface area contributed by atoms with Gasteiger partial charge >= 0.3 is 0 Å². The van der Waals surface area contributed by atoms with Crippen molar-refractivity contribution in [3.8, 4) is 0 Å². The Labute approximate surface area is 129 Å². The molecule has 3 rings (SSSR count). The van der Waals surface area contributed by atoms with Gasteiger partial charge in [0.05, 0.1) is 0 Å². The fourth-order valence-corrected chi connectivity index (χ4v) is 3.18. The van der Waals surface area contributed by atoms with Crippen molar-refractivity contribution < 1.29 is 4.79 Å². The lowest BCUT2D eigenvalue weighted by atomic mass is 10.1. The van der Waals surface area contributed by atoms with E-state index in [9.17, 15) is 4.79 Å². The van der Waals surface area contributed by atoms with Gasteiger partial charge in [-0.05, 0) is 43.6 Å². The molecule has 0 aromatic heterocycles. The standard InChI is InChI=1S/C17H22BrNO/c18-16-4-2-1-3-15(16)17(20)9-10-19(11-13-5-6-13)12-14-7-8-14/h1-4,13-14H,5-12H2. The molecule has 0 amide bonds. The molecule has 0 N–H and O–H groups in total. The highest BCUT2D eigenvalue weighted by molar-refractivity contribution is 9.10. The van der Waals surface area contributed by atoms with E-state index in [4.69, 9.17) is 0 Å². The molecule has 0 heterocycles. The van der Waals surface area contributed by atoms with E-state index in [0.29, 0.717) is 6.42 Å². The Hall–Kier alpha value is -0.670. The smallest absolute Gasteiger partial charge is 0.165 e.